The van der Waals surface area contributed by atoms with Gasteiger partial charge in [0.25, 0.3) is 0 Å². The molecule has 2 amide bonds. The zero-order valence-corrected chi connectivity index (χ0v) is 17.2. The van der Waals surface area contributed by atoms with E-state index in [1.54, 1.807) is 18.2 Å². The normalized spacial score (nSPS) is 11.8. The molecule has 0 aliphatic heterocycles. The fourth-order valence-electron chi connectivity index (χ4n) is 3.16. The van der Waals surface area contributed by atoms with E-state index in [-0.39, 0.29) is 30.9 Å². The van der Waals surface area contributed by atoms with Crippen molar-refractivity contribution < 1.29 is 9.59 Å². The number of carbonyl (C=O) groups excluding carboxylic acids is 2. The molecule has 0 aliphatic rings. The number of hydrogen-bond acceptors (Lipinski definition) is 3. The molecule has 0 bridgehead atoms. The fraction of sp³-hybridized carbons (Fsp3) is 0.217. The Balaban J connectivity index is 1.49. The summed E-state index contributed by atoms with van der Waals surface area (Å²) in [6.45, 7) is 3.86. The Morgan fingerprint density at radius 2 is 1.66 bits per heavy atom. The summed E-state index contributed by atoms with van der Waals surface area (Å²) < 4.78 is 0. The lowest BCUT2D eigenvalue weighted by atomic mass is 10.00. The van der Waals surface area contributed by atoms with E-state index in [1.165, 1.54) is 0 Å². The summed E-state index contributed by atoms with van der Waals surface area (Å²) in [5.74, 6) is -0.541. The van der Waals surface area contributed by atoms with E-state index >= 15 is 0 Å². The third kappa shape index (κ3) is 5.34. The Bertz CT molecular complexity index is 1030. The molecule has 6 heteroatoms. The Labute approximate surface area is 175 Å². The predicted octanol–water partition coefficient (Wildman–Crippen LogP) is 4.21. The average molecular weight is 410 g/mol. The number of halogens is 1. The van der Waals surface area contributed by atoms with Crippen LogP contribution in [0.15, 0.2) is 60.7 Å². The minimum absolute atomic E-state index is 0.00483. The first-order valence-electron chi connectivity index (χ1n) is 9.48. The maximum atomic E-state index is 12.1. The molecule has 0 fully saturated rings. The lowest BCUT2D eigenvalue weighted by molar-refractivity contribution is -0.123. The van der Waals surface area contributed by atoms with E-state index in [2.05, 4.69) is 40.2 Å². The van der Waals surface area contributed by atoms with Crippen molar-refractivity contribution in [2.75, 3.05) is 18.4 Å². The van der Waals surface area contributed by atoms with Gasteiger partial charge in [-0.2, -0.15) is 0 Å². The van der Waals surface area contributed by atoms with Crippen LogP contribution in [0.4, 0.5) is 5.69 Å². The van der Waals surface area contributed by atoms with Gasteiger partial charge in [-0.15, -0.1) is 0 Å². The average Bonchev–Trinajstić information content (AvgIpc) is 2.73. The molecule has 5 nitrogen and oxygen atoms in total. The Morgan fingerprint density at radius 3 is 2.48 bits per heavy atom. The summed E-state index contributed by atoms with van der Waals surface area (Å²) in [5, 5.41) is 11.5. The number of amides is 2. The van der Waals surface area contributed by atoms with Crippen LogP contribution in [0.2, 0.25) is 5.02 Å². The van der Waals surface area contributed by atoms with Crippen molar-refractivity contribution in [1.82, 2.24) is 10.6 Å². The number of carbonyl (C=O) groups is 2. The highest BCUT2D eigenvalue weighted by atomic mass is 35.5. The number of benzene rings is 3. The van der Waals surface area contributed by atoms with Gasteiger partial charge in [0.05, 0.1) is 13.1 Å². The van der Waals surface area contributed by atoms with Gasteiger partial charge in [0.2, 0.25) is 11.8 Å². The third-order valence-corrected chi connectivity index (χ3v) is 5.26. The SMILES string of the molecule is Cc1c(Cl)cccc1NC(=O)CNC(=O)CN[C@@H](C)c1cccc2ccccc12. The van der Waals surface area contributed by atoms with Crippen LogP contribution >= 0.6 is 11.6 Å². The van der Waals surface area contributed by atoms with Crippen molar-refractivity contribution in [3.63, 3.8) is 0 Å². The quantitative estimate of drug-likeness (QED) is 0.547. The first-order chi connectivity index (χ1) is 14.0. The minimum atomic E-state index is -0.300. The summed E-state index contributed by atoms with van der Waals surface area (Å²) in [7, 11) is 0. The molecule has 150 valence electrons. The molecular formula is C23H24ClN3O2. The van der Waals surface area contributed by atoms with Gasteiger partial charge in [-0.1, -0.05) is 60.1 Å². The van der Waals surface area contributed by atoms with Gasteiger partial charge in [-0.25, -0.2) is 0 Å². The monoisotopic (exact) mass is 409 g/mol. The highest BCUT2D eigenvalue weighted by molar-refractivity contribution is 6.31. The highest BCUT2D eigenvalue weighted by Crippen LogP contribution is 2.24. The summed E-state index contributed by atoms with van der Waals surface area (Å²) in [6.07, 6.45) is 0. The molecule has 0 aliphatic carbocycles. The molecule has 1 atom stereocenters. The second-order valence-electron chi connectivity index (χ2n) is 6.91. The van der Waals surface area contributed by atoms with Crippen molar-refractivity contribution in [1.29, 1.82) is 0 Å². The van der Waals surface area contributed by atoms with E-state index in [0.29, 0.717) is 10.7 Å². The van der Waals surface area contributed by atoms with Crippen LogP contribution < -0.4 is 16.0 Å². The van der Waals surface area contributed by atoms with Crippen LogP contribution in [-0.2, 0) is 9.59 Å². The van der Waals surface area contributed by atoms with Gasteiger partial charge in [0.1, 0.15) is 0 Å². The van der Waals surface area contributed by atoms with E-state index in [9.17, 15) is 9.59 Å². The van der Waals surface area contributed by atoms with E-state index in [1.807, 2.05) is 32.0 Å². The van der Waals surface area contributed by atoms with Crippen molar-refractivity contribution >= 4 is 39.9 Å². The zero-order valence-electron chi connectivity index (χ0n) is 16.5. The van der Waals surface area contributed by atoms with Crippen LogP contribution in [0, 0.1) is 6.92 Å². The highest BCUT2D eigenvalue weighted by Gasteiger charge is 2.12. The van der Waals surface area contributed by atoms with Crippen molar-refractivity contribution in [3.05, 3.63) is 76.8 Å². The number of fused-ring (bicyclic) bond motifs is 1. The van der Waals surface area contributed by atoms with Gasteiger partial charge in [-0.05, 0) is 47.9 Å². The molecule has 3 aromatic rings. The first-order valence-corrected chi connectivity index (χ1v) is 9.86. The molecule has 0 saturated heterocycles. The molecular weight excluding hydrogens is 386 g/mol. The maximum Gasteiger partial charge on any atom is 0.243 e. The molecule has 0 aromatic heterocycles. The number of rotatable bonds is 7. The number of hydrogen-bond donors (Lipinski definition) is 3. The second-order valence-corrected chi connectivity index (χ2v) is 7.32. The molecule has 29 heavy (non-hydrogen) atoms. The molecule has 0 unspecified atom stereocenters. The van der Waals surface area contributed by atoms with E-state index in [4.69, 9.17) is 11.6 Å². The summed E-state index contributed by atoms with van der Waals surface area (Å²) in [4.78, 5) is 24.2. The van der Waals surface area contributed by atoms with Gasteiger partial charge in [0, 0.05) is 16.8 Å². The summed E-state index contributed by atoms with van der Waals surface area (Å²) >= 11 is 6.05. The molecule has 3 N–H and O–H groups in total. The minimum Gasteiger partial charge on any atom is -0.346 e. The van der Waals surface area contributed by atoms with Crippen molar-refractivity contribution in [2.45, 2.75) is 19.9 Å². The maximum absolute atomic E-state index is 12.1. The predicted molar refractivity (Wildman–Crippen MR) is 118 cm³/mol. The van der Waals surface area contributed by atoms with Crippen LogP contribution in [0.5, 0.6) is 0 Å². The third-order valence-electron chi connectivity index (χ3n) is 4.85. The topological polar surface area (TPSA) is 70.2 Å². The number of anilines is 1. The van der Waals surface area contributed by atoms with Crippen molar-refractivity contribution in [2.24, 2.45) is 0 Å². The number of nitrogens with one attached hydrogen (secondary N) is 3. The molecule has 0 heterocycles. The lowest BCUT2D eigenvalue weighted by Gasteiger charge is -2.16. The van der Waals surface area contributed by atoms with E-state index in [0.717, 1.165) is 21.9 Å². The van der Waals surface area contributed by atoms with Crippen LogP contribution in [0.1, 0.15) is 24.1 Å². The summed E-state index contributed by atoms with van der Waals surface area (Å²) in [6, 6.07) is 19.6. The molecule has 3 aromatic carbocycles. The smallest absolute Gasteiger partial charge is 0.243 e. The molecule has 0 spiro atoms. The van der Waals surface area contributed by atoms with Crippen LogP contribution in [-0.4, -0.2) is 24.9 Å². The van der Waals surface area contributed by atoms with Gasteiger partial charge in [-0.3, -0.25) is 9.59 Å². The standard InChI is InChI=1S/C23H24ClN3O2/c1-15-20(24)11-6-12-21(15)27-23(29)14-26-22(28)13-25-16(2)18-10-5-8-17-7-3-4-9-19(17)18/h3-12,16,25H,13-14H2,1-2H3,(H,26,28)(H,27,29)/t16-/m0/s1. The summed E-state index contributed by atoms with van der Waals surface area (Å²) in [5.41, 5.74) is 2.56. The lowest BCUT2D eigenvalue weighted by Crippen LogP contribution is -2.39. The van der Waals surface area contributed by atoms with Gasteiger partial charge in [0.15, 0.2) is 0 Å². The van der Waals surface area contributed by atoms with Crippen LogP contribution in [0.25, 0.3) is 10.8 Å². The Morgan fingerprint density at radius 1 is 0.931 bits per heavy atom. The molecule has 0 radical (unpaired) electrons. The van der Waals surface area contributed by atoms with E-state index < -0.39 is 0 Å². The van der Waals surface area contributed by atoms with Crippen LogP contribution in [0.3, 0.4) is 0 Å². The molecule has 0 saturated carbocycles. The van der Waals surface area contributed by atoms with Crippen molar-refractivity contribution in [3.8, 4) is 0 Å². The second kappa shape index (κ2) is 9.54. The zero-order chi connectivity index (χ0) is 20.8. The van der Waals surface area contributed by atoms with Gasteiger partial charge < -0.3 is 16.0 Å². The Hall–Kier alpha value is -2.89. The first kappa shape index (κ1) is 20.8. The fourth-order valence-corrected chi connectivity index (χ4v) is 3.34. The van der Waals surface area contributed by atoms with Gasteiger partial charge >= 0.3 is 0 Å². The molecule has 3 rings (SSSR count). The Kier molecular flexibility index (Phi) is 6.86. The largest absolute Gasteiger partial charge is 0.346 e.